The van der Waals surface area contributed by atoms with E-state index in [2.05, 4.69) is 10.1 Å². The van der Waals surface area contributed by atoms with Crippen LogP contribution in [0.1, 0.15) is 0 Å². The van der Waals surface area contributed by atoms with E-state index in [0.29, 0.717) is 0 Å². The standard InChI is InChI=1S/C9H7ClF3NO2/c10-5-8(15)14-6-3-1-2-4-7(6)16-9(11,12)13/h1-4H,5H2,(H,14,15). The smallest absolute Gasteiger partial charge is 0.404 e. The number of halogens is 4. The Morgan fingerprint density at radius 1 is 1.38 bits per heavy atom. The molecule has 0 aliphatic heterocycles. The third-order valence-corrected chi connectivity index (χ3v) is 1.75. The lowest BCUT2D eigenvalue weighted by atomic mass is 10.3. The van der Waals surface area contributed by atoms with E-state index in [-0.39, 0.29) is 11.6 Å². The van der Waals surface area contributed by atoms with Crippen LogP contribution >= 0.6 is 11.6 Å². The average Bonchev–Trinajstić information content (AvgIpc) is 2.18. The molecule has 0 atom stereocenters. The molecule has 1 aromatic carbocycles. The second kappa shape index (κ2) is 5.07. The minimum atomic E-state index is -4.80. The second-order valence-electron chi connectivity index (χ2n) is 2.73. The Hall–Kier alpha value is -1.43. The van der Waals surface area contributed by atoms with Gasteiger partial charge in [-0.15, -0.1) is 24.8 Å². The first-order chi connectivity index (χ1) is 7.42. The first-order valence-electron chi connectivity index (χ1n) is 4.13. The van der Waals surface area contributed by atoms with Crippen LogP contribution in [0.5, 0.6) is 5.75 Å². The van der Waals surface area contributed by atoms with E-state index in [1.807, 2.05) is 0 Å². The molecular formula is C9H7ClF3NO2. The number of benzene rings is 1. The first kappa shape index (κ1) is 12.6. The fraction of sp³-hybridized carbons (Fsp3) is 0.222. The van der Waals surface area contributed by atoms with E-state index in [0.717, 1.165) is 6.07 Å². The van der Waals surface area contributed by atoms with Crippen LogP contribution < -0.4 is 10.1 Å². The highest BCUT2D eigenvalue weighted by Crippen LogP contribution is 2.29. The molecule has 0 aliphatic rings. The molecule has 3 nitrogen and oxygen atoms in total. The molecule has 0 unspecified atom stereocenters. The maximum absolute atomic E-state index is 12.0. The highest BCUT2D eigenvalue weighted by atomic mass is 35.5. The van der Waals surface area contributed by atoms with Crippen molar-refractivity contribution in [3.8, 4) is 5.75 Å². The zero-order valence-electron chi connectivity index (χ0n) is 7.84. The molecule has 0 saturated carbocycles. The van der Waals surface area contributed by atoms with Crippen molar-refractivity contribution in [1.82, 2.24) is 0 Å². The molecule has 16 heavy (non-hydrogen) atoms. The van der Waals surface area contributed by atoms with Gasteiger partial charge in [0.05, 0.1) is 5.69 Å². The molecule has 0 aromatic heterocycles. The number of hydrogen-bond donors (Lipinski definition) is 1. The third kappa shape index (κ3) is 3.98. The van der Waals surface area contributed by atoms with E-state index < -0.39 is 18.0 Å². The van der Waals surface area contributed by atoms with Gasteiger partial charge in [-0.3, -0.25) is 4.79 Å². The predicted octanol–water partition coefficient (Wildman–Crippen LogP) is 2.76. The Morgan fingerprint density at radius 3 is 2.56 bits per heavy atom. The van der Waals surface area contributed by atoms with E-state index in [4.69, 9.17) is 11.6 Å². The van der Waals surface area contributed by atoms with Gasteiger partial charge in [0.25, 0.3) is 0 Å². The maximum atomic E-state index is 12.0. The van der Waals surface area contributed by atoms with Gasteiger partial charge in [-0.25, -0.2) is 0 Å². The summed E-state index contributed by atoms with van der Waals surface area (Å²) in [5.41, 5.74) is -0.0783. The van der Waals surface area contributed by atoms with Crippen molar-refractivity contribution in [1.29, 1.82) is 0 Å². The summed E-state index contributed by atoms with van der Waals surface area (Å²) in [5.74, 6) is -1.44. The fourth-order valence-corrected chi connectivity index (χ4v) is 1.03. The molecular weight excluding hydrogens is 247 g/mol. The lowest BCUT2D eigenvalue weighted by Gasteiger charge is -2.13. The maximum Gasteiger partial charge on any atom is 0.573 e. The number of amides is 1. The summed E-state index contributed by atoms with van der Waals surface area (Å²) in [4.78, 5) is 10.9. The lowest BCUT2D eigenvalue weighted by Crippen LogP contribution is -2.19. The summed E-state index contributed by atoms with van der Waals surface area (Å²) in [5, 5.41) is 2.19. The molecule has 88 valence electrons. The monoisotopic (exact) mass is 253 g/mol. The number of ether oxygens (including phenoxy) is 1. The van der Waals surface area contributed by atoms with Crippen molar-refractivity contribution >= 4 is 23.2 Å². The van der Waals surface area contributed by atoms with Crippen LogP contribution in [0.3, 0.4) is 0 Å². The highest BCUT2D eigenvalue weighted by molar-refractivity contribution is 6.29. The largest absolute Gasteiger partial charge is 0.573 e. The Balaban J connectivity index is 2.87. The van der Waals surface area contributed by atoms with E-state index >= 15 is 0 Å². The molecule has 7 heteroatoms. The number of rotatable bonds is 3. The van der Waals surface area contributed by atoms with Crippen LogP contribution in [0.2, 0.25) is 0 Å². The Kier molecular flexibility index (Phi) is 4.00. The number of carbonyl (C=O) groups is 1. The van der Waals surface area contributed by atoms with Crippen molar-refractivity contribution < 1.29 is 22.7 Å². The average molecular weight is 254 g/mol. The van der Waals surface area contributed by atoms with Crippen molar-refractivity contribution in [2.24, 2.45) is 0 Å². The summed E-state index contributed by atoms with van der Waals surface area (Å²) in [6.45, 7) is 0. The van der Waals surface area contributed by atoms with Gasteiger partial charge in [0.15, 0.2) is 5.75 Å². The fourth-order valence-electron chi connectivity index (χ4n) is 0.967. The van der Waals surface area contributed by atoms with Crippen LogP contribution in [0, 0.1) is 0 Å². The first-order valence-corrected chi connectivity index (χ1v) is 4.66. The number of nitrogens with one attached hydrogen (secondary N) is 1. The molecule has 0 aliphatic carbocycles. The number of carbonyl (C=O) groups excluding carboxylic acids is 1. The van der Waals surface area contributed by atoms with E-state index in [1.54, 1.807) is 0 Å². The Bertz CT molecular complexity index is 381. The molecule has 0 fully saturated rings. The minimum absolute atomic E-state index is 0.0783. The summed E-state index contributed by atoms with van der Waals surface area (Å²) in [7, 11) is 0. The van der Waals surface area contributed by atoms with Crippen LogP contribution in [0.25, 0.3) is 0 Å². The quantitative estimate of drug-likeness (QED) is 0.841. The summed E-state index contributed by atoms with van der Waals surface area (Å²) in [6, 6.07) is 5.20. The lowest BCUT2D eigenvalue weighted by molar-refractivity contribution is -0.274. The molecule has 0 bridgehead atoms. The third-order valence-electron chi connectivity index (χ3n) is 1.51. The van der Waals surface area contributed by atoms with Gasteiger partial charge in [0, 0.05) is 0 Å². The molecule has 0 spiro atoms. The second-order valence-corrected chi connectivity index (χ2v) is 2.99. The Morgan fingerprint density at radius 2 is 2.00 bits per heavy atom. The summed E-state index contributed by atoms with van der Waals surface area (Å²) in [6.07, 6.45) is -4.80. The number of anilines is 1. The van der Waals surface area contributed by atoms with Crippen LogP contribution in [0.15, 0.2) is 24.3 Å². The van der Waals surface area contributed by atoms with Gasteiger partial charge in [-0.2, -0.15) is 0 Å². The molecule has 1 amide bonds. The van der Waals surface area contributed by atoms with Gasteiger partial charge >= 0.3 is 6.36 Å². The van der Waals surface area contributed by atoms with Crippen LogP contribution in [0.4, 0.5) is 18.9 Å². The van der Waals surface area contributed by atoms with Gasteiger partial charge < -0.3 is 10.1 Å². The highest BCUT2D eigenvalue weighted by Gasteiger charge is 2.32. The van der Waals surface area contributed by atoms with Crippen molar-refractivity contribution in [3.63, 3.8) is 0 Å². The minimum Gasteiger partial charge on any atom is -0.404 e. The van der Waals surface area contributed by atoms with Gasteiger partial charge in [0.1, 0.15) is 5.88 Å². The van der Waals surface area contributed by atoms with Crippen molar-refractivity contribution in [2.75, 3.05) is 11.2 Å². The van der Waals surface area contributed by atoms with Crippen LogP contribution in [-0.4, -0.2) is 18.1 Å². The van der Waals surface area contributed by atoms with Gasteiger partial charge in [-0.05, 0) is 12.1 Å². The molecule has 1 aromatic rings. The molecule has 0 heterocycles. The Labute approximate surface area is 94.2 Å². The van der Waals surface area contributed by atoms with E-state index in [1.165, 1.54) is 18.2 Å². The zero-order valence-corrected chi connectivity index (χ0v) is 8.60. The van der Waals surface area contributed by atoms with Gasteiger partial charge in [0.2, 0.25) is 5.91 Å². The number of alkyl halides is 4. The van der Waals surface area contributed by atoms with Gasteiger partial charge in [-0.1, -0.05) is 12.1 Å². The zero-order chi connectivity index (χ0) is 12.2. The van der Waals surface area contributed by atoms with Crippen LogP contribution in [-0.2, 0) is 4.79 Å². The molecule has 1 N–H and O–H groups in total. The summed E-state index contributed by atoms with van der Waals surface area (Å²) < 4.78 is 39.7. The normalized spacial score (nSPS) is 11.0. The summed E-state index contributed by atoms with van der Waals surface area (Å²) >= 11 is 5.21. The SMILES string of the molecule is O=C(CCl)Nc1ccccc1OC(F)(F)F. The molecule has 1 rings (SSSR count). The topological polar surface area (TPSA) is 38.3 Å². The number of para-hydroxylation sites is 2. The number of hydrogen-bond acceptors (Lipinski definition) is 2. The molecule has 0 saturated heterocycles. The van der Waals surface area contributed by atoms with Crippen molar-refractivity contribution in [2.45, 2.75) is 6.36 Å². The van der Waals surface area contributed by atoms with Crippen molar-refractivity contribution in [3.05, 3.63) is 24.3 Å². The molecule has 0 radical (unpaired) electrons. The van der Waals surface area contributed by atoms with E-state index in [9.17, 15) is 18.0 Å². The predicted molar refractivity (Wildman–Crippen MR) is 52.5 cm³/mol.